The summed E-state index contributed by atoms with van der Waals surface area (Å²) in [5, 5.41) is 9.15. The van der Waals surface area contributed by atoms with Crippen molar-refractivity contribution in [1.82, 2.24) is 9.80 Å². The maximum Gasteiger partial charge on any atom is 0.407 e. The van der Waals surface area contributed by atoms with Gasteiger partial charge in [-0.1, -0.05) is 30.3 Å². The van der Waals surface area contributed by atoms with Gasteiger partial charge in [-0.05, 0) is 74.0 Å². The normalized spacial score (nSPS) is 19.5. The third-order valence-electron chi connectivity index (χ3n) is 6.29. The minimum atomic E-state index is -0.773. The number of piperidine rings is 2. The molecule has 0 radical (unpaired) electrons. The molecule has 0 atom stereocenters. The first kappa shape index (κ1) is 18.8. The molecule has 2 aliphatic heterocycles. The number of carboxylic acid groups (broad SMARTS) is 1. The van der Waals surface area contributed by atoms with Crippen molar-refractivity contribution in [2.24, 2.45) is 5.41 Å². The van der Waals surface area contributed by atoms with Crippen LogP contribution >= 0.6 is 0 Å². The van der Waals surface area contributed by atoms with Crippen molar-refractivity contribution in [3.05, 3.63) is 60.2 Å². The molecule has 28 heavy (non-hydrogen) atoms. The molecule has 0 aliphatic carbocycles. The number of para-hydroxylation sites is 1. The van der Waals surface area contributed by atoms with Gasteiger partial charge in [0.15, 0.2) is 0 Å². The van der Waals surface area contributed by atoms with Crippen molar-refractivity contribution in [1.29, 1.82) is 0 Å². The van der Waals surface area contributed by atoms with Crippen LogP contribution in [0, 0.1) is 5.41 Å². The largest absolute Gasteiger partial charge is 0.465 e. The summed E-state index contributed by atoms with van der Waals surface area (Å²) in [6.45, 7) is 4.47. The van der Waals surface area contributed by atoms with Crippen LogP contribution in [-0.4, -0.2) is 47.2 Å². The Bertz CT molecular complexity index is 791. The van der Waals surface area contributed by atoms with Gasteiger partial charge >= 0.3 is 6.09 Å². The number of ether oxygens (including phenoxy) is 1. The fourth-order valence-electron chi connectivity index (χ4n) is 4.45. The second-order valence-corrected chi connectivity index (χ2v) is 8.11. The Morgan fingerprint density at radius 1 is 0.893 bits per heavy atom. The van der Waals surface area contributed by atoms with E-state index in [-0.39, 0.29) is 0 Å². The molecule has 2 aromatic rings. The van der Waals surface area contributed by atoms with E-state index in [0.717, 1.165) is 44.0 Å². The van der Waals surface area contributed by atoms with Crippen molar-refractivity contribution in [3.8, 4) is 11.5 Å². The van der Waals surface area contributed by atoms with E-state index in [1.807, 2.05) is 36.4 Å². The lowest BCUT2D eigenvalue weighted by Crippen LogP contribution is -2.47. The van der Waals surface area contributed by atoms with Crippen molar-refractivity contribution < 1.29 is 14.6 Å². The summed E-state index contributed by atoms with van der Waals surface area (Å²) in [5.41, 5.74) is 1.62. The Morgan fingerprint density at radius 3 is 2.21 bits per heavy atom. The van der Waals surface area contributed by atoms with Gasteiger partial charge in [-0.2, -0.15) is 0 Å². The summed E-state index contributed by atoms with van der Waals surface area (Å²) < 4.78 is 5.96. The molecule has 2 aromatic carbocycles. The third kappa shape index (κ3) is 4.47. The summed E-state index contributed by atoms with van der Waals surface area (Å²) in [4.78, 5) is 15.2. The summed E-state index contributed by atoms with van der Waals surface area (Å²) in [6, 6.07) is 18.2. The molecular formula is C23H28N2O3. The van der Waals surface area contributed by atoms with E-state index < -0.39 is 6.09 Å². The van der Waals surface area contributed by atoms with Crippen molar-refractivity contribution in [2.75, 3.05) is 26.2 Å². The fourth-order valence-corrected chi connectivity index (χ4v) is 4.45. The molecule has 4 rings (SSSR count). The summed E-state index contributed by atoms with van der Waals surface area (Å²) in [6.07, 6.45) is 3.58. The first-order chi connectivity index (χ1) is 13.6. The molecule has 0 unspecified atom stereocenters. The first-order valence-corrected chi connectivity index (χ1v) is 10.1. The van der Waals surface area contributed by atoms with Crippen LogP contribution in [0.2, 0.25) is 0 Å². The standard InChI is InChI=1S/C23H28N2O3/c26-22(27)25-15-11-23(12-16-25)9-13-24(14-10-23)18-19-5-4-8-21(17-19)28-20-6-2-1-3-7-20/h1-8,17H,9-16,18H2,(H,26,27). The molecule has 2 heterocycles. The van der Waals surface area contributed by atoms with E-state index in [0.29, 0.717) is 18.5 Å². The van der Waals surface area contributed by atoms with Gasteiger partial charge < -0.3 is 14.7 Å². The molecule has 1 N–H and O–H groups in total. The molecule has 5 nitrogen and oxygen atoms in total. The van der Waals surface area contributed by atoms with E-state index >= 15 is 0 Å². The zero-order valence-electron chi connectivity index (χ0n) is 16.2. The number of hydrogen-bond acceptors (Lipinski definition) is 3. The Balaban J connectivity index is 1.30. The topological polar surface area (TPSA) is 53.0 Å². The molecule has 2 fully saturated rings. The number of carbonyl (C=O) groups is 1. The van der Waals surface area contributed by atoms with Gasteiger partial charge in [-0.15, -0.1) is 0 Å². The van der Waals surface area contributed by atoms with Gasteiger partial charge in [0.25, 0.3) is 0 Å². The zero-order valence-corrected chi connectivity index (χ0v) is 16.2. The molecule has 0 saturated carbocycles. The number of nitrogens with zero attached hydrogens (tertiary/aromatic N) is 2. The van der Waals surface area contributed by atoms with Crippen LogP contribution in [0.25, 0.3) is 0 Å². The minimum Gasteiger partial charge on any atom is -0.465 e. The predicted octanol–water partition coefficient (Wildman–Crippen LogP) is 4.83. The Labute approximate surface area is 166 Å². The molecule has 0 bridgehead atoms. The average molecular weight is 380 g/mol. The Kier molecular flexibility index (Phi) is 5.53. The van der Waals surface area contributed by atoms with Crippen LogP contribution in [0.15, 0.2) is 54.6 Å². The second-order valence-electron chi connectivity index (χ2n) is 8.11. The van der Waals surface area contributed by atoms with E-state index in [2.05, 4.69) is 23.1 Å². The van der Waals surface area contributed by atoms with Gasteiger partial charge in [-0.25, -0.2) is 4.79 Å². The number of amides is 1. The van der Waals surface area contributed by atoms with E-state index in [4.69, 9.17) is 9.84 Å². The van der Waals surface area contributed by atoms with E-state index in [1.165, 1.54) is 18.4 Å². The Hall–Kier alpha value is -2.53. The molecule has 2 aliphatic rings. The molecule has 1 spiro atoms. The van der Waals surface area contributed by atoms with E-state index in [9.17, 15) is 4.79 Å². The van der Waals surface area contributed by atoms with Gasteiger partial charge in [0.1, 0.15) is 11.5 Å². The van der Waals surface area contributed by atoms with Crippen LogP contribution in [0.5, 0.6) is 11.5 Å². The summed E-state index contributed by atoms with van der Waals surface area (Å²) >= 11 is 0. The molecule has 2 saturated heterocycles. The highest BCUT2D eigenvalue weighted by molar-refractivity contribution is 5.65. The lowest BCUT2D eigenvalue weighted by molar-refractivity contribution is 0.0341. The third-order valence-corrected chi connectivity index (χ3v) is 6.29. The quantitative estimate of drug-likeness (QED) is 0.825. The average Bonchev–Trinajstić information content (AvgIpc) is 2.71. The van der Waals surface area contributed by atoms with Gasteiger partial charge in [-0.3, -0.25) is 4.90 Å². The second kappa shape index (κ2) is 8.23. The highest BCUT2D eigenvalue weighted by atomic mass is 16.5. The Morgan fingerprint density at radius 2 is 1.54 bits per heavy atom. The highest BCUT2D eigenvalue weighted by Crippen LogP contribution is 2.41. The smallest absolute Gasteiger partial charge is 0.407 e. The molecule has 0 aromatic heterocycles. The van der Waals surface area contributed by atoms with E-state index in [1.54, 1.807) is 4.90 Å². The lowest BCUT2D eigenvalue weighted by atomic mass is 9.71. The van der Waals surface area contributed by atoms with Crippen molar-refractivity contribution in [3.63, 3.8) is 0 Å². The van der Waals surface area contributed by atoms with Crippen LogP contribution in [0.4, 0.5) is 4.79 Å². The maximum atomic E-state index is 11.1. The monoisotopic (exact) mass is 380 g/mol. The number of rotatable bonds is 4. The highest BCUT2D eigenvalue weighted by Gasteiger charge is 2.38. The van der Waals surface area contributed by atoms with Crippen molar-refractivity contribution >= 4 is 6.09 Å². The number of likely N-dealkylation sites (tertiary alicyclic amines) is 2. The summed E-state index contributed by atoms with van der Waals surface area (Å²) in [7, 11) is 0. The summed E-state index contributed by atoms with van der Waals surface area (Å²) in [5.74, 6) is 1.73. The minimum absolute atomic E-state index is 0.348. The maximum absolute atomic E-state index is 11.1. The van der Waals surface area contributed by atoms with Crippen LogP contribution in [0.3, 0.4) is 0 Å². The zero-order chi connectivity index (χ0) is 19.4. The first-order valence-electron chi connectivity index (χ1n) is 10.1. The lowest BCUT2D eigenvalue weighted by Gasteiger charge is -2.46. The number of hydrogen-bond donors (Lipinski definition) is 1. The SMILES string of the molecule is O=C(O)N1CCC2(CCN(Cc3cccc(Oc4ccccc4)c3)CC2)CC1. The van der Waals surface area contributed by atoms with Crippen molar-refractivity contribution in [2.45, 2.75) is 32.2 Å². The fraction of sp³-hybridized carbons (Fsp3) is 0.435. The molecule has 148 valence electrons. The van der Waals surface area contributed by atoms with Gasteiger partial charge in [0, 0.05) is 19.6 Å². The van der Waals surface area contributed by atoms with Gasteiger partial charge in [0.2, 0.25) is 0 Å². The molecular weight excluding hydrogens is 352 g/mol. The van der Waals surface area contributed by atoms with Gasteiger partial charge in [0.05, 0.1) is 0 Å². The van der Waals surface area contributed by atoms with Crippen LogP contribution in [-0.2, 0) is 6.54 Å². The van der Waals surface area contributed by atoms with Crippen LogP contribution < -0.4 is 4.74 Å². The molecule has 5 heteroatoms. The predicted molar refractivity (Wildman–Crippen MR) is 109 cm³/mol. The van der Waals surface area contributed by atoms with Crippen LogP contribution in [0.1, 0.15) is 31.2 Å². The molecule has 1 amide bonds. The number of benzene rings is 2.